The highest BCUT2D eigenvalue weighted by Crippen LogP contribution is 2.22. The van der Waals surface area contributed by atoms with Crippen LogP contribution in [0.1, 0.15) is 56.2 Å². The molecule has 0 atom stereocenters. The Morgan fingerprint density at radius 1 is 1.24 bits per heavy atom. The topological polar surface area (TPSA) is 104 Å². The van der Waals surface area contributed by atoms with Gasteiger partial charge in [-0.05, 0) is 31.9 Å². The summed E-state index contributed by atoms with van der Waals surface area (Å²) in [4.78, 5) is 20.4. The van der Waals surface area contributed by atoms with Crippen molar-refractivity contribution in [3.05, 3.63) is 41.4 Å². The maximum atomic E-state index is 12.0. The first-order valence-electron chi connectivity index (χ1n) is 9.69. The number of nitrogens with one attached hydrogen (secondary N) is 3. The van der Waals surface area contributed by atoms with E-state index >= 15 is 0 Å². The van der Waals surface area contributed by atoms with Gasteiger partial charge in [-0.2, -0.15) is 0 Å². The SMILES string of the molecule is CCC(CC)c1cc(CNC(=NC)NCCC(=O)Nc2cccc(C)n2)on1.I. The molecule has 8 nitrogen and oxygen atoms in total. The summed E-state index contributed by atoms with van der Waals surface area (Å²) >= 11 is 0. The van der Waals surface area contributed by atoms with E-state index in [9.17, 15) is 4.79 Å². The number of carbonyl (C=O) groups excluding carboxylic acids is 1. The Morgan fingerprint density at radius 3 is 2.66 bits per heavy atom. The molecule has 1 amide bonds. The van der Waals surface area contributed by atoms with Crippen molar-refractivity contribution in [2.75, 3.05) is 18.9 Å². The van der Waals surface area contributed by atoms with Gasteiger partial charge in [0.15, 0.2) is 11.7 Å². The third-order valence-corrected chi connectivity index (χ3v) is 4.44. The molecule has 0 saturated heterocycles. The molecule has 0 saturated carbocycles. The molecule has 0 unspecified atom stereocenters. The van der Waals surface area contributed by atoms with E-state index in [1.165, 1.54) is 0 Å². The van der Waals surface area contributed by atoms with Crippen molar-refractivity contribution in [3.63, 3.8) is 0 Å². The maximum Gasteiger partial charge on any atom is 0.227 e. The van der Waals surface area contributed by atoms with Crippen LogP contribution in [0.4, 0.5) is 5.82 Å². The molecule has 0 aliphatic carbocycles. The fourth-order valence-corrected chi connectivity index (χ4v) is 2.82. The van der Waals surface area contributed by atoms with Crippen molar-refractivity contribution in [2.45, 2.75) is 52.5 Å². The van der Waals surface area contributed by atoms with E-state index in [0.29, 0.717) is 37.2 Å². The van der Waals surface area contributed by atoms with Crippen LogP contribution in [0.15, 0.2) is 33.8 Å². The Balaban J connectivity index is 0.00000420. The molecule has 2 heterocycles. The number of halogens is 1. The molecule has 0 aromatic carbocycles. The summed E-state index contributed by atoms with van der Waals surface area (Å²) < 4.78 is 5.40. The number of anilines is 1. The van der Waals surface area contributed by atoms with E-state index in [1.807, 2.05) is 25.1 Å². The van der Waals surface area contributed by atoms with Gasteiger partial charge in [0, 0.05) is 37.7 Å². The zero-order chi connectivity index (χ0) is 20.4. The highest BCUT2D eigenvalue weighted by Gasteiger charge is 2.13. The van der Waals surface area contributed by atoms with Crippen LogP contribution >= 0.6 is 24.0 Å². The summed E-state index contributed by atoms with van der Waals surface area (Å²) in [6.45, 7) is 7.11. The predicted molar refractivity (Wildman–Crippen MR) is 126 cm³/mol. The normalized spacial score (nSPS) is 11.1. The molecule has 3 N–H and O–H groups in total. The van der Waals surface area contributed by atoms with Crippen molar-refractivity contribution in [1.82, 2.24) is 20.8 Å². The molecule has 0 spiro atoms. The van der Waals surface area contributed by atoms with Gasteiger partial charge < -0.3 is 20.5 Å². The molecule has 0 fully saturated rings. The van der Waals surface area contributed by atoms with Crippen molar-refractivity contribution in [1.29, 1.82) is 0 Å². The van der Waals surface area contributed by atoms with Crippen molar-refractivity contribution < 1.29 is 9.32 Å². The standard InChI is InChI=1S/C20H30N6O2.HI/c1-5-15(6-2)17-12-16(28-26-17)13-23-20(21-4)22-11-10-19(27)25-18-9-7-8-14(3)24-18;/h7-9,12,15H,5-6,10-11,13H2,1-4H3,(H2,21,22,23)(H,24,25,27);1H. The highest BCUT2D eigenvalue weighted by atomic mass is 127. The highest BCUT2D eigenvalue weighted by molar-refractivity contribution is 14.0. The molecule has 160 valence electrons. The lowest BCUT2D eigenvalue weighted by Crippen LogP contribution is -2.38. The van der Waals surface area contributed by atoms with Gasteiger partial charge in [-0.25, -0.2) is 4.98 Å². The zero-order valence-electron chi connectivity index (χ0n) is 17.5. The number of amides is 1. The lowest BCUT2D eigenvalue weighted by molar-refractivity contribution is -0.116. The van der Waals surface area contributed by atoms with E-state index in [-0.39, 0.29) is 29.9 Å². The van der Waals surface area contributed by atoms with E-state index in [4.69, 9.17) is 4.52 Å². The van der Waals surface area contributed by atoms with Gasteiger partial charge in [-0.1, -0.05) is 25.1 Å². The molecule has 2 rings (SSSR count). The van der Waals surface area contributed by atoms with Crippen LogP contribution in [-0.2, 0) is 11.3 Å². The van der Waals surface area contributed by atoms with Gasteiger partial charge in [-0.3, -0.25) is 9.79 Å². The lowest BCUT2D eigenvalue weighted by Gasteiger charge is -2.10. The Morgan fingerprint density at radius 2 is 2.00 bits per heavy atom. The second-order valence-electron chi connectivity index (χ2n) is 6.55. The zero-order valence-corrected chi connectivity index (χ0v) is 19.8. The molecule has 0 aliphatic heterocycles. The Bertz CT molecular complexity index is 789. The summed E-state index contributed by atoms with van der Waals surface area (Å²) in [5.41, 5.74) is 1.85. The van der Waals surface area contributed by atoms with Crippen LogP contribution in [0.2, 0.25) is 0 Å². The number of nitrogens with zero attached hydrogens (tertiary/aromatic N) is 3. The van der Waals surface area contributed by atoms with Crippen molar-refractivity contribution in [2.24, 2.45) is 4.99 Å². The number of carbonyl (C=O) groups is 1. The first kappa shape index (κ1) is 24.9. The van der Waals surface area contributed by atoms with Crippen LogP contribution in [0, 0.1) is 6.92 Å². The number of rotatable bonds is 9. The van der Waals surface area contributed by atoms with Gasteiger partial charge in [0.2, 0.25) is 5.91 Å². The lowest BCUT2D eigenvalue weighted by atomic mass is 9.99. The van der Waals surface area contributed by atoms with Crippen molar-refractivity contribution >= 4 is 41.7 Å². The third kappa shape index (κ3) is 8.38. The Labute approximate surface area is 189 Å². The Hall–Kier alpha value is -2.17. The fourth-order valence-electron chi connectivity index (χ4n) is 2.82. The maximum absolute atomic E-state index is 12.0. The first-order chi connectivity index (χ1) is 13.5. The number of pyridine rings is 1. The molecule has 9 heteroatoms. The number of aliphatic imine (C=N–C) groups is 1. The third-order valence-electron chi connectivity index (χ3n) is 4.44. The van der Waals surface area contributed by atoms with E-state index in [1.54, 1.807) is 13.1 Å². The smallest absolute Gasteiger partial charge is 0.227 e. The van der Waals surface area contributed by atoms with Crippen molar-refractivity contribution in [3.8, 4) is 0 Å². The molecule has 0 radical (unpaired) electrons. The summed E-state index contributed by atoms with van der Waals surface area (Å²) in [6, 6.07) is 7.50. The average Bonchev–Trinajstić information content (AvgIpc) is 3.14. The van der Waals surface area contributed by atoms with E-state index in [2.05, 4.69) is 44.9 Å². The van der Waals surface area contributed by atoms with Gasteiger partial charge in [-0.15, -0.1) is 24.0 Å². The number of aryl methyl sites for hydroxylation is 1. The monoisotopic (exact) mass is 514 g/mol. The van der Waals surface area contributed by atoms with Gasteiger partial charge >= 0.3 is 0 Å². The minimum Gasteiger partial charge on any atom is -0.359 e. The molecule has 2 aromatic heterocycles. The van der Waals surface area contributed by atoms with Gasteiger partial charge in [0.25, 0.3) is 0 Å². The fraction of sp³-hybridized carbons (Fsp3) is 0.500. The molecule has 29 heavy (non-hydrogen) atoms. The van der Waals surface area contributed by atoms with Crippen LogP contribution < -0.4 is 16.0 Å². The van der Waals surface area contributed by atoms with Crippen LogP contribution in [-0.4, -0.2) is 35.6 Å². The Kier molecular flexibility index (Phi) is 11.3. The summed E-state index contributed by atoms with van der Waals surface area (Å²) in [7, 11) is 1.68. The quantitative estimate of drug-likeness (QED) is 0.269. The first-order valence-corrected chi connectivity index (χ1v) is 9.69. The molecular formula is C20H31IN6O2. The number of aromatic nitrogens is 2. The van der Waals surface area contributed by atoms with Gasteiger partial charge in [0.1, 0.15) is 5.82 Å². The minimum absolute atomic E-state index is 0. The van der Waals surface area contributed by atoms with Crippen LogP contribution in [0.25, 0.3) is 0 Å². The van der Waals surface area contributed by atoms with Crippen LogP contribution in [0.5, 0.6) is 0 Å². The predicted octanol–water partition coefficient (Wildman–Crippen LogP) is 3.59. The molecular weight excluding hydrogens is 483 g/mol. The molecule has 0 aliphatic rings. The number of hydrogen-bond donors (Lipinski definition) is 3. The largest absolute Gasteiger partial charge is 0.359 e. The number of hydrogen-bond acceptors (Lipinski definition) is 5. The minimum atomic E-state index is -0.105. The van der Waals surface area contributed by atoms with Crippen LogP contribution in [0.3, 0.4) is 0 Å². The second kappa shape index (κ2) is 13.1. The number of guanidine groups is 1. The van der Waals surface area contributed by atoms with Gasteiger partial charge in [0.05, 0.1) is 12.2 Å². The molecule has 0 bridgehead atoms. The summed E-state index contributed by atoms with van der Waals surface area (Å²) in [5.74, 6) is 2.24. The van der Waals surface area contributed by atoms with E-state index < -0.39 is 0 Å². The van der Waals surface area contributed by atoms with E-state index in [0.717, 1.165) is 30.0 Å². The summed E-state index contributed by atoms with van der Waals surface area (Å²) in [5, 5.41) is 13.2. The average molecular weight is 514 g/mol. The molecule has 2 aromatic rings. The summed E-state index contributed by atoms with van der Waals surface area (Å²) in [6.07, 6.45) is 2.38. The second-order valence-corrected chi connectivity index (χ2v) is 6.55.